The molecule has 35 heavy (non-hydrogen) atoms. The predicted molar refractivity (Wildman–Crippen MR) is 134 cm³/mol. The van der Waals surface area contributed by atoms with E-state index in [9.17, 15) is 9.59 Å². The second kappa shape index (κ2) is 10.6. The van der Waals surface area contributed by atoms with Crippen LogP contribution >= 0.6 is 11.6 Å². The highest BCUT2D eigenvalue weighted by molar-refractivity contribution is 6.30. The van der Waals surface area contributed by atoms with Gasteiger partial charge in [-0.05, 0) is 67.7 Å². The molecule has 3 heterocycles. The zero-order chi connectivity index (χ0) is 24.3. The summed E-state index contributed by atoms with van der Waals surface area (Å²) < 4.78 is 11.9. The van der Waals surface area contributed by atoms with Gasteiger partial charge in [0.05, 0.1) is 5.60 Å². The van der Waals surface area contributed by atoms with Crippen molar-refractivity contribution in [3.05, 3.63) is 70.7 Å². The van der Waals surface area contributed by atoms with Crippen molar-refractivity contribution < 1.29 is 19.1 Å². The number of nitrogens with zero attached hydrogens (tertiary/aromatic N) is 2. The Kier molecular flexibility index (Phi) is 7.30. The molecule has 3 fully saturated rings. The van der Waals surface area contributed by atoms with Gasteiger partial charge in [-0.25, -0.2) is 4.79 Å². The molecule has 2 atom stereocenters. The van der Waals surface area contributed by atoms with Crippen LogP contribution in [-0.2, 0) is 26.5 Å². The van der Waals surface area contributed by atoms with Gasteiger partial charge >= 0.3 is 6.09 Å². The van der Waals surface area contributed by atoms with E-state index in [2.05, 4.69) is 12.1 Å². The largest absolute Gasteiger partial charge is 0.445 e. The summed E-state index contributed by atoms with van der Waals surface area (Å²) in [5.41, 5.74) is 1.83. The second-order valence-corrected chi connectivity index (χ2v) is 10.3. The van der Waals surface area contributed by atoms with Crippen molar-refractivity contribution in [1.29, 1.82) is 0 Å². The summed E-state index contributed by atoms with van der Waals surface area (Å²) in [7, 11) is 0. The Hall–Kier alpha value is -2.57. The van der Waals surface area contributed by atoms with Gasteiger partial charge < -0.3 is 14.4 Å². The predicted octanol–water partition coefficient (Wildman–Crippen LogP) is 5.39. The maximum Gasteiger partial charge on any atom is 0.410 e. The Labute approximate surface area is 212 Å². The molecule has 0 bridgehead atoms. The highest BCUT2D eigenvalue weighted by Gasteiger charge is 2.46. The Morgan fingerprint density at radius 3 is 2.40 bits per heavy atom. The minimum Gasteiger partial charge on any atom is -0.445 e. The van der Waals surface area contributed by atoms with Crippen molar-refractivity contribution in [1.82, 2.24) is 9.80 Å². The number of carbonyl (C=O) groups is 2. The Bertz CT molecular complexity index is 1020. The zero-order valence-electron chi connectivity index (χ0n) is 20.0. The van der Waals surface area contributed by atoms with Crippen LogP contribution in [0.5, 0.6) is 0 Å². The fraction of sp³-hybridized carbons (Fsp3) is 0.500. The van der Waals surface area contributed by atoms with Crippen molar-refractivity contribution in [3.8, 4) is 0 Å². The highest BCUT2D eigenvalue weighted by atomic mass is 35.5. The number of carbonyl (C=O) groups excluding carboxylic acids is 2. The molecule has 2 aromatic rings. The first-order chi connectivity index (χ1) is 17.1. The number of hydrogen-bond acceptors (Lipinski definition) is 4. The SMILES string of the molecule is O=C(C1CCCN1C(=O)OCc1ccccc1)N1CCC(C2(c3ccc(Cl)cc3)CCCO2)CC1. The standard InChI is InChI=1S/C28H33ClN2O4/c29-24-11-9-22(10-12-24)28(15-5-19-35-28)23-13-17-30(18-14-23)26(32)25-8-4-16-31(25)27(33)34-20-21-6-2-1-3-7-21/h1-3,6-7,9-12,23,25H,4-5,8,13-20H2. The van der Waals surface area contributed by atoms with E-state index in [1.165, 1.54) is 5.56 Å². The van der Waals surface area contributed by atoms with Crippen LogP contribution in [0.4, 0.5) is 4.79 Å². The molecule has 186 valence electrons. The zero-order valence-corrected chi connectivity index (χ0v) is 20.8. The summed E-state index contributed by atoms with van der Waals surface area (Å²) in [6.07, 6.45) is 4.93. The second-order valence-electron chi connectivity index (χ2n) is 9.84. The van der Waals surface area contributed by atoms with Gasteiger partial charge in [0.15, 0.2) is 0 Å². The average Bonchev–Trinajstić information content (AvgIpc) is 3.59. The monoisotopic (exact) mass is 496 g/mol. The van der Waals surface area contributed by atoms with Crippen LogP contribution in [0.1, 0.15) is 49.7 Å². The lowest BCUT2D eigenvalue weighted by molar-refractivity contribution is -0.139. The van der Waals surface area contributed by atoms with E-state index in [0.717, 1.165) is 49.3 Å². The number of hydrogen-bond donors (Lipinski definition) is 0. The molecule has 0 saturated carbocycles. The summed E-state index contributed by atoms with van der Waals surface area (Å²) in [6.45, 7) is 2.92. The molecular weight excluding hydrogens is 464 g/mol. The molecule has 0 N–H and O–H groups in total. The summed E-state index contributed by atoms with van der Waals surface area (Å²) in [5, 5.41) is 0.728. The summed E-state index contributed by atoms with van der Waals surface area (Å²) in [5.74, 6) is 0.399. The average molecular weight is 497 g/mol. The van der Waals surface area contributed by atoms with Crippen LogP contribution < -0.4 is 0 Å². The summed E-state index contributed by atoms with van der Waals surface area (Å²) in [4.78, 5) is 29.8. The number of rotatable bonds is 5. The molecule has 0 radical (unpaired) electrons. The van der Waals surface area contributed by atoms with Gasteiger partial charge in [-0.15, -0.1) is 0 Å². The number of benzene rings is 2. The molecule has 0 aromatic heterocycles. The molecule has 2 amide bonds. The van der Waals surface area contributed by atoms with Crippen LogP contribution in [0.25, 0.3) is 0 Å². The fourth-order valence-corrected chi connectivity index (χ4v) is 6.13. The third-order valence-corrected chi connectivity index (χ3v) is 8.08. The van der Waals surface area contributed by atoms with Gasteiger partial charge in [-0.3, -0.25) is 9.69 Å². The van der Waals surface area contributed by atoms with Gasteiger partial charge in [0.2, 0.25) is 5.91 Å². The third kappa shape index (κ3) is 5.05. The van der Waals surface area contributed by atoms with E-state index in [-0.39, 0.29) is 18.1 Å². The number of piperidine rings is 1. The molecule has 2 unspecified atom stereocenters. The molecule has 3 saturated heterocycles. The normalized spacial score (nSPS) is 25.1. The van der Waals surface area contributed by atoms with E-state index < -0.39 is 12.1 Å². The van der Waals surface area contributed by atoms with Crippen LogP contribution in [0.3, 0.4) is 0 Å². The number of ether oxygens (including phenoxy) is 2. The van der Waals surface area contributed by atoms with Gasteiger partial charge in [0, 0.05) is 31.3 Å². The molecule has 0 spiro atoms. The minimum atomic E-state index is -0.428. The quantitative estimate of drug-likeness (QED) is 0.557. The molecule has 3 aliphatic heterocycles. The van der Waals surface area contributed by atoms with Crippen LogP contribution in [-0.4, -0.2) is 54.1 Å². The Morgan fingerprint density at radius 1 is 0.971 bits per heavy atom. The van der Waals surface area contributed by atoms with E-state index in [0.29, 0.717) is 32.0 Å². The van der Waals surface area contributed by atoms with E-state index in [1.54, 1.807) is 4.90 Å². The minimum absolute atomic E-state index is 0.0468. The van der Waals surface area contributed by atoms with E-state index in [4.69, 9.17) is 21.1 Å². The summed E-state index contributed by atoms with van der Waals surface area (Å²) in [6, 6.07) is 17.2. The lowest BCUT2D eigenvalue weighted by atomic mass is 9.74. The molecule has 2 aromatic carbocycles. The van der Waals surface area contributed by atoms with Crippen molar-refractivity contribution in [3.63, 3.8) is 0 Å². The molecule has 6 nitrogen and oxygen atoms in total. The van der Waals surface area contributed by atoms with Gasteiger partial charge in [-0.1, -0.05) is 54.1 Å². The van der Waals surface area contributed by atoms with Gasteiger partial charge in [0.1, 0.15) is 12.6 Å². The number of likely N-dealkylation sites (tertiary alicyclic amines) is 2. The smallest absolute Gasteiger partial charge is 0.410 e. The third-order valence-electron chi connectivity index (χ3n) is 7.83. The topological polar surface area (TPSA) is 59.1 Å². The molecule has 3 aliphatic rings. The van der Waals surface area contributed by atoms with Crippen molar-refractivity contribution in [2.75, 3.05) is 26.2 Å². The first-order valence-electron chi connectivity index (χ1n) is 12.7. The number of halogens is 1. The van der Waals surface area contributed by atoms with E-state index in [1.807, 2.05) is 47.4 Å². The van der Waals surface area contributed by atoms with Crippen molar-refractivity contribution in [2.24, 2.45) is 5.92 Å². The maximum atomic E-state index is 13.4. The lowest BCUT2D eigenvalue weighted by Crippen LogP contribution is -2.51. The van der Waals surface area contributed by atoms with Gasteiger partial charge in [0.25, 0.3) is 0 Å². The maximum absolute atomic E-state index is 13.4. The first-order valence-corrected chi connectivity index (χ1v) is 13.1. The molecule has 0 aliphatic carbocycles. The van der Waals surface area contributed by atoms with Crippen LogP contribution in [0.2, 0.25) is 5.02 Å². The van der Waals surface area contributed by atoms with E-state index >= 15 is 0 Å². The highest BCUT2D eigenvalue weighted by Crippen LogP contribution is 2.47. The molecular formula is C28H33ClN2O4. The van der Waals surface area contributed by atoms with Crippen LogP contribution in [0, 0.1) is 5.92 Å². The lowest BCUT2D eigenvalue weighted by Gasteiger charge is -2.43. The van der Waals surface area contributed by atoms with Crippen molar-refractivity contribution >= 4 is 23.6 Å². The summed E-state index contributed by atoms with van der Waals surface area (Å²) >= 11 is 6.13. The molecule has 7 heteroatoms. The van der Waals surface area contributed by atoms with Crippen molar-refractivity contribution in [2.45, 2.75) is 56.8 Å². The fourth-order valence-electron chi connectivity index (χ4n) is 6.00. The van der Waals surface area contributed by atoms with Crippen LogP contribution in [0.15, 0.2) is 54.6 Å². The molecule has 5 rings (SSSR count). The number of amides is 2. The Morgan fingerprint density at radius 2 is 1.71 bits per heavy atom. The Balaban J connectivity index is 1.20. The first kappa shape index (κ1) is 24.1. The van der Waals surface area contributed by atoms with Gasteiger partial charge in [-0.2, -0.15) is 0 Å².